The first-order chi connectivity index (χ1) is 10.0. The Morgan fingerprint density at radius 3 is 2.62 bits per heavy atom. The van der Waals surface area contributed by atoms with Crippen molar-refractivity contribution in [2.75, 3.05) is 26.7 Å². The van der Waals surface area contributed by atoms with Crippen LogP contribution in [0.4, 0.5) is 0 Å². The zero-order valence-corrected chi connectivity index (χ0v) is 14.0. The second kappa shape index (κ2) is 7.45. The molecule has 5 heteroatoms. The number of aliphatic hydroxyl groups is 1. The second-order valence-electron chi connectivity index (χ2n) is 6.99. The maximum atomic E-state index is 9.89. The molecule has 0 amide bonds. The van der Waals surface area contributed by atoms with Crippen molar-refractivity contribution in [2.45, 2.75) is 58.2 Å². The standard InChI is InChI=1S/C16H32N4O/c1-11(2)20-9-12(3)14(10-20)19-16(17-4)18-8-13-6-5-7-15(13)21/h11-15,21H,5-10H2,1-4H3,(H2,17,18,19). The lowest BCUT2D eigenvalue weighted by molar-refractivity contribution is 0.134. The summed E-state index contributed by atoms with van der Waals surface area (Å²) in [6.07, 6.45) is 3.06. The van der Waals surface area contributed by atoms with E-state index in [0.29, 0.717) is 23.9 Å². The lowest BCUT2D eigenvalue weighted by atomic mass is 10.1. The van der Waals surface area contributed by atoms with Crippen LogP contribution in [0.5, 0.6) is 0 Å². The van der Waals surface area contributed by atoms with Gasteiger partial charge in [-0.3, -0.25) is 9.89 Å². The van der Waals surface area contributed by atoms with Crippen molar-refractivity contribution in [3.63, 3.8) is 0 Å². The van der Waals surface area contributed by atoms with Crippen LogP contribution in [0.1, 0.15) is 40.0 Å². The van der Waals surface area contributed by atoms with E-state index in [0.717, 1.165) is 44.9 Å². The van der Waals surface area contributed by atoms with Gasteiger partial charge in [-0.05, 0) is 32.6 Å². The normalized spacial score (nSPS) is 34.7. The predicted molar refractivity (Wildman–Crippen MR) is 87.5 cm³/mol. The van der Waals surface area contributed by atoms with E-state index in [2.05, 4.69) is 41.3 Å². The van der Waals surface area contributed by atoms with Gasteiger partial charge in [0.25, 0.3) is 0 Å². The van der Waals surface area contributed by atoms with Crippen molar-refractivity contribution < 1.29 is 5.11 Å². The molecule has 1 aliphatic carbocycles. The Kier molecular flexibility index (Phi) is 5.88. The first-order valence-corrected chi connectivity index (χ1v) is 8.40. The highest BCUT2D eigenvalue weighted by molar-refractivity contribution is 5.80. The zero-order chi connectivity index (χ0) is 15.4. The van der Waals surface area contributed by atoms with Crippen LogP contribution in [-0.2, 0) is 0 Å². The minimum absolute atomic E-state index is 0.141. The van der Waals surface area contributed by atoms with Crippen molar-refractivity contribution >= 4 is 5.96 Å². The van der Waals surface area contributed by atoms with Gasteiger partial charge in [0, 0.05) is 44.7 Å². The molecule has 1 heterocycles. The Balaban J connectivity index is 1.80. The predicted octanol–water partition coefficient (Wildman–Crippen LogP) is 1.04. The Labute approximate surface area is 129 Å². The molecule has 2 rings (SSSR count). The van der Waals surface area contributed by atoms with Crippen molar-refractivity contribution in [1.82, 2.24) is 15.5 Å². The number of rotatable bonds is 4. The number of nitrogens with zero attached hydrogens (tertiary/aromatic N) is 2. The molecule has 21 heavy (non-hydrogen) atoms. The topological polar surface area (TPSA) is 59.9 Å². The highest BCUT2D eigenvalue weighted by Gasteiger charge is 2.31. The summed E-state index contributed by atoms with van der Waals surface area (Å²) in [7, 11) is 1.82. The fourth-order valence-corrected chi connectivity index (χ4v) is 3.47. The van der Waals surface area contributed by atoms with Crippen LogP contribution in [0.15, 0.2) is 4.99 Å². The van der Waals surface area contributed by atoms with E-state index in [1.165, 1.54) is 0 Å². The second-order valence-corrected chi connectivity index (χ2v) is 6.99. The van der Waals surface area contributed by atoms with Crippen LogP contribution < -0.4 is 10.6 Å². The summed E-state index contributed by atoms with van der Waals surface area (Å²) in [4.78, 5) is 6.85. The lowest BCUT2D eigenvalue weighted by Crippen LogP contribution is -2.48. The summed E-state index contributed by atoms with van der Waals surface area (Å²) >= 11 is 0. The molecule has 1 aliphatic heterocycles. The molecule has 0 bridgehead atoms. The molecule has 2 aliphatic rings. The quantitative estimate of drug-likeness (QED) is 0.536. The van der Waals surface area contributed by atoms with Crippen LogP contribution in [0, 0.1) is 11.8 Å². The van der Waals surface area contributed by atoms with Crippen molar-refractivity contribution in [1.29, 1.82) is 0 Å². The Bertz CT molecular complexity index is 358. The fourth-order valence-electron chi connectivity index (χ4n) is 3.47. The van der Waals surface area contributed by atoms with Crippen molar-refractivity contribution in [2.24, 2.45) is 16.8 Å². The molecule has 0 aromatic heterocycles. The number of hydrogen-bond donors (Lipinski definition) is 3. The maximum Gasteiger partial charge on any atom is 0.191 e. The van der Waals surface area contributed by atoms with Gasteiger partial charge in [-0.1, -0.05) is 13.3 Å². The molecule has 5 nitrogen and oxygen atoms in total. The van der Waals surface area contributed by atoms with Crippen LogP contribution in [-0.4, -0.2) is 60.8 Å². The van der Waals surface area contributed by atoms with Gasteiger partial charge in [0.1, 0.15) is 0 Å². The summed E-state index contributed by atoms with van der Waals surface area (Å²) in [5.41, 5.74) is 0. The Morgan fingerprint density at radius 2 is 2.10 bits per heavy atom. The Morgan fingerprint density at radius 1 is 1.33 bits per heavy atom. The molecule has 4 atom stereocenters. The summed E-state index contributed by atoms with van der Waals surface area (Å²) < 4.78 is 0. The molecule has 4 unspecified atom stereocenters. The monoisotopic (exact) mass is 296 g/mol. The SMILES string of the molecule is CN=C(NCC1CCCC1O)NC1CN(C(C)C)CC1C. The van der Waals surface area contributed by atoms with E-state index in [-0.39, 0.29) is 6.10 Å². The van der Waals surface area contributed by atoms with Crippen LogP contribution in [0.3, 0.4) is 0 Å². The average molecular weight is 296 g/mol. The van der Waals surface area contributed by atoms with E-state index in [1.807, 2.05) is 7.05 Å². The largest absolute Gasteiger partial charge is 0.393 e. The molecule has 0 radical (unpaired) electrons. The molecule has 0 aromatic rings. The van der Waals surface area contributed by atoms with Crippen LogP contribution in [0.25, 0.3) is 0 Å². The van der Waals surface area contributed by atoms with Gasteiger partial charge in [-0.2, -0.15) is 0 Å². The van der Waals surface area contributed by atoms with Crippen molar-refractivity contribution in [3.8, 4) is 0 Å². The number of likely N-dealkylation sites (tertiary alicyclic amines) is 1. The number of nitrogens with one attached hydrogen (secondary N) is 2. The minimum Gasteiger partial charge on any atom is -0.393 e. The third kappa shape index (κ3) is 4.33. The maximum absolute atomic E-state index is 9.89. The van der Waals surface area contributed by atoms with Gasteiger partial charge in [-0.15, -0.1) is 0 Å². The summed E-state index contributed by atoms with van der Waals surface area (Å²) in [6, 6.07) is 1.05. The number of guanidine groups is 1. The highest BCUT2D eigenvalue weighted by Crippen LogP contribution is 2.24. The van der Waals surface area contributed by atoms with Gasteiger partial charge in [0.05, 0.1) is 6.10 Å². The number of aliphatic imine (C=N–C) groups is 1. The van der Waals surface area contributed by atoms with Crippen LogP contribution in [0.2, 0.25) is 0 Å². The fraction of sp³-hybridized carbons (Fsp3) is 0.938. The number of aliphatic hydroxyl groups excluding tert-OH is 1. The molecular weight excluding hydrogens is 264 g/mol. The zero-order valence-electron chi connectivity index (χ0n) is 14.0. The van der Waals surface area contributed by atoms with E-state index in [4.69, 9.17) is 0 Å². The molecule has 0 aromatic carbocycles. The molecule has 2 fully saturated rings. The number of hydrogen-bond acceptors (Lipinski definition) is 3. The van der Waals surface area contributed by atoms with Gasteiger partial charge >= 0.3 is 0 Å². The van der Waals surface area contributed by atoms with Gasteiger partial charge in [-0.25, -0.2) is 0 Å². The van der Waals surface area contributed by atoms with E-state index in [1.54, 1.807) is 0 Å². The van der Waals surface area contributed by atoms with Crippen molar-refractivity contribution in [3.05, 3.63) is 0 Å². The first-order valence-electron chi connectivity index (χ1n) is 8.40. The highest BCUT2D eigenvalue weighted by atomic mass is 16.3. The molecule has 122 valence electrons. The van der Waals surface area contributed by atoms with Gasteiger partial charge in [0.2, 0.25) is 0 Å². The van der Waals surface area contributed by atoms with E-state index >= 15 is 0 Å². The smallest absolute Gasteiger partial charge is 0.191 e. The van der Waals surface area contributed by atoms with Gasteiger partial charge in [0.15, 0.2) is 5.96 Å². The molecular formula is C16H32N4O. The van der Waals surface area contributed by atoms with Gasteiger partial charge < -0.3 is 15.7 Å². The van der Waals surface area contributed by atoms with E-state index in [9.17, 15) is 5.11 Å². The lowest BCUT2D eigenvalue weighted by Gasteiger charge is -2.23. The molecule has 0 spiro atoms. The summed E-state index contributed by atoms with van der Waals surface area (Å²) in [5.74, 6) is 1.87. The molecule has 3 N–H and O–H groups in total. The summed E-state index contributed by atoms with van der Waals surface area (Å²) in [5, 5.41) is 16.8. The summed E-state index contributed by atoms with van der Waals surface area (Å²) in [6.45, 7) is 9.84. The van der Waals surface area contributed by atoms with E-state index < -0.39 is 0 Å². The molecule has 1 saturated heterocycles. The minimum atomic E-state index is -0.141. The average Bonchev–Trinajstić information content (AvgIpc) is 3.01. The first kappa shape index (κ1) is 16.6. The third-order valence-corrected chi connectivity index (χ3v) is 5.07. The van der Waals surface area contributed by atoms with Crippen LogP contribution >= 0.6 is 0 Å². The third-order valence-electron chi connectivity index (χ3n) is 5.07. The Hall–Kier alpha value is -0.810. The molecule has 1 saturated carbocycles.